The third kappa shape index (κ3) is 4.43. The van der Waals surface area contributed by atoms with E-state index in [1.165, 1.54) is 24.8 Å². The fourth-order valence-corrected chi connectivity index (χ4v) is 3.79. The Bertz CT molecular complexity index is 693. The molecule has 4 heteroatoms. The lowest BCUT2D eigenvalue weighted by atomic mass is 9.93. The summed E-state index contributed by atoms with van der Waals surface area (Å²) in [5.74, 6) is 0. The van der Waals surface area contributed by atoms with Crippen molar-refractivity contribution < 1.29 is 4.79 Å². The Morgan fingerprint density at radius 2 is 1.88 bits per heavy atom. The van der Waals surface area contributed by atoms with Gasteiger partial charge in [0.15, 0.2) is 0 Å². The normalized spacial score (nSPS) is 16.1. The molecule has 1 saturated carbocycles. The Morgan fingerprint density at radius 3 is 2.50 bits per heavy atom. The Hall–Kier alpha value is -2.36. The SMILES string of the molecule is CCc1ccc(NC(=O)N(C2CCCCC2)C(C)c2ccccn2)cc1. The summed E-state index contributed by atoms with van der Waals surface area (Å²) in [6.45, 7) is 4.21. The van der Waals surface area contributed by atoms with Gasteiger partial charge >= 0.3 is 6.03 Å². The molecule has 1 aliphatic rings. The van der Waals surface area contributed by atoms with Gasteiger partial charge in [-0.25, -0.2) is 4.79 Å². The van der Waals surface area contributed by atoms with Gasteiger partial charge in [0.1, 0.15) is 0 Å². The van der Waals surface area contributed by atoms with Gasteiger partial charge in [0, 0.05) is 17.9 Å². The smallest absolute Gasteiger partial charge is 0.313 e. The van der Waals surface area contributed by atoms with Crippen LogP contribution in [0, 0.1) is 0 Å². The van der Waals surface area contributed by atoms with Crippen LogP contribution in [-0.4, -0.2) is 22.0 Å². The van der Waals surface area contributed by atoms with E-state index in [0.717, 1.165) is 30.6 Å². The Labute approximate surface area is 156 Å². The molecule has 0 saturated heterocycles. The maximum absolute atomic E-state index is 13.2. The topological polar surface area (TPSA) is 45.2 Å². The monoisotopic (exact) mass is 351 g/mol. The zero-order chi connectivity index (χ0) is 18.4. The van der Waals surface area contributed by atoms with E-state index < -0.39 is 0 Å². The summed E-state index contributed by atoms with van der Waals surface area (Å²) < 4.78 is 0. The van der Waals surface area contributed by atoms with Gasteiger partial charge in [-0.2, -0.15) is 0 Å². The molecule has 0 radical (unpaired) electrons. The van der Waals surface area contributed by atoms with Crippen LogP contribution in [0.1, 0.15) is 63.3 Å². The van der Waals surface area contributed by atoms with Crippen molar-refractivity contribution in [3.05, 3.63) is 59.9 Å². The van der Waals surface area contributed by atoms with Crippen LogP contribution in [0.2, 0.25) is 0 Å². The first-order valence-electron chi connectivity index (χ1n) is 9.78. The summed E-state index contributed by atoms with van der Waals surface area (Å²) >= 11 is 0. The van der Waals surface area contributed by atoms with Crippen LogP contribution in [0.25, 0.3) is 0 Å². The number of anilines is 1. The lowest BCUT2D eigenvalue weighted by molar-refractivity contribution is 0.138. The number of hydrogen-bond acceptors (Lipinski definition) is 2. The molecule has 1 unspecified atom stereocenters. The Balaban J connectivity index is 1.80. The zero-order valence-corrected chi connectivity index (χ0v) is 15.8. The highest BCUT2D eigenvalue weighted by Crippen LogP contribution is 2.30. The second kappa shape index (κ2) is 8.84. The molecule has 0 bridgehead atoms. The number of urea groups is 1. The van der Waals surface area contributed by atoms with Gasteiger partial charge in [-0.15, -0.1) is 0 Å². The van der Waals surface area contributed by atoms with Gasteiger partial charge in [-0.05, 0) is 56.0 Å². The molecule has 3 rings (SSSR count). The van der Waals surface area contributed by atoms with E-state index in [9.17, 15) is 4.79 Å². The van der Waals surface area contributed by atoms with Crippen molar-refractivity contribution in [2.75, 3.05) is 5.32 Å². The number of carbonyl (C=O) groups is 1. The molecule has 0 aliphatic heterocycles. The quantitative estimate of drug-likeness (QED) is 0.765. The second-order valence-corrected chi connectivity index (χ2v) is 7.11. The van der Waals surface area contributed by atoms with Gasteiger partial charge in [0.25, 0.3) is 0 Å². The van der Waals surface area contributed by atoms with E-state index >= 15 is 0 Å². The summed E-state index contributed by atoms with van der Waals surface area (Å²) in [6.07, 6.45) is 8.58. The minimum absolute atomic E-state index is 0.0284. The summed E-state index contributed by atoms with van der Waals surface area (Å²) in [7, 11) is 0. The van der Waals surface area contributed by atoms with E-state index in [1.54, 1.807) is 6.20 Å². The number of amides is 2. The largest absolute Gasteiger partial charge is 0.322 e. The molecule has 138 valence electrons. The van der Waals surface area contributed by atoms with Crippen molar-refractivity contribution in [3.8, 4) is 0 Å². The molecule has 2 amide bonds. The van der Waals surface area contributed by atoms with Crippen LogP contribution >= 0.6 is 0 Å². The first-order chi connectivity index (χ1) is 12.7. The Kier molecular flexibility index (Phi) is 6.26. The van der Waals surface area contributed by atoms with Crippen LogP contribution in [0.4, 0.5) is 10.5 Å². The molecular weight excluding hydrogens is 322 g/mol. The minimum atomic E-state index is -0.0470. The lowest BCUT2D eigenvalue weighted by Crippen LogP contribution is -2.45. The van der Waals surface area contributed by atoms with E-state index in [2.05, 4.69) is 36.3 Å². The molecule has 0 spiro atoms. The summed E-state index contributed by atoms with van der Waals surface area (Å²) in [4.78, 5) is 19.7. The molecule has 1 heterocycles. The fourth-order valence-electron chi connectivity index (χ4n) is 3.79. The number of nitrogens with one attached hydrogen (secondary N) is 1. The number of benzene rings is 1. The average molecular weight is 351 g/mol. The van der Waals surface area contributed by atoms with Crippen molar-refractivity contribution in [2.24, 2.45) is 0 Å². The van der Waals surface area contributed by atoms with Crippen molar-refractivity contribution in [3.63, 3.8) is 0 Å². The van der Waals surface area contributed by atoms with E-state index in [0.29, 0.717) is 0 Å². The predicted octanol–water partition coefficient (Wildman–Crippen LogP) is 5.57. The van der Waals surface area contributed by atoms with Crippen LogP contribution in [-0.2, 0) is 6.42 Å². The van der Waals surface area contributed by atoms with Crippen molar-refractivity contribution >= 4 is 11.7 Å². The molecule has 1 N–H and O–H groups in total. The van der Waals surface area contributed by atoms with Crippen molar-refractivity contribution in [2.45, 2.75) is 64.5 Å². The number of rotatable bonds is 5. The van der Waals surface area contributed by atoms with Crippen LogP contribution in [0.15, 0.2) is 48.7 Å². The minimum Gasteiger partial charge on any atom is -0.313 e. The molecule has 4 nitrogen and oxygen atoms in total. The highest BCUT2D eigenvalue weighted by molar-refractivity contribution is 5.89. The first kappa shape index (κ1) is 18.4. The molecule has 1 aromatic heterocycles. The number of aryl methyl sites for hydroxylation is 1. The molecule has 2 aromatic rings. The zero-order valence-electron chi connectivity index (χ0n) is 15.8. The van der Waals surface area contributed by atoms with Crippen LogP contribution in [0.3, 0.4) is 0 Å². The number of hydrogen-bond donors (Lipinski definition) is 1. The molecule has 1 aliphatic carbocycles. The van der Waals surface area contributed by atoms with Crippen molar-refractivity contribution in [1.29, 1.82) is 0 Å². The summed E-state index contributed by atoms with van der Waals surface area (Å²) in [5.41, 5.74) is 3.06. The standard InChI is InChI=1S/C22H29N3O/c1-3-18-12-14-19(15-13-18)24-22(26)25(20-9-5-4-6-10-20)17(2)21-11-7-8-16-23-21/h7-8,11-17,20H,3-6,9-10H2,1-2H3,(H,24,26). The molecule has 1 atom stereocenters. The highest BCUT2D eigenvalue weighted by Gasteiger charge is 2.30. The number of aromatic nitrogens is 1. The average Bonchev–Trinajstić information content (AvgIpc) is 2.70. The lowest BCUT2D eigenvalue weighted by Gasteiger charge is -2.38. The van der Waals surface area contributed by atoms with Crippen LogP contribution < -0.4 is 5.32 Å². The number of carbonyl (C=O) groups excluding carboxylic acids is 1. The number of nitrogens with zero attached hydrogens (tertiary/aromatic N) is 2. The van der Waals surface area contributed by atoms with Gasteiger partial charge in [0.2, 0.25) is 0 Å². The highest BCUT2D eigenvalue weighted by atomic mass is 16.2. The van der Waals surface area contributed by atoms with Gasteiger partial charge in [0.05, 0.1) is 11.7 Å². The second-order valence-electron chi connectivity index (χ2n) is 7.11. The van der Waals surface area contributed by atoms with Gasteiger partial charge in [-0.1, -0.05) is 44.4 Å². The fraction of sp³-hybridized carbons (Fsp3) is 0.455. The molecular formula is C22H29N3O. The van der Waals surface area contributed by atoms with E-state index in [-0.39, 0.29) is 18.1 Å². The van der Waals surface area contributed by atoms with Gasteiger partial charge in [-0.3, -0.25) is 4.98 Å². The van der Waals surface area contributed by atoms with E-state index in [4.69, 9.17) is 0 Å². The number of pyridine rings is 1. The maximum Gasteiger partial charge on any atom is 0.322 e. The van der Waals surface area contributed by atoms with Crippen molar-refractivity contribution in [1.82, 2.24) is 9.88 Å². The third-order valence-electron chi connectivity index (χ3n) is 5.35. The Morgan fingerprint density at radius 1 is 1.15 bits per heavy atom. The summed E-state index contributed by atoms with van der Waals surface area (Å²) in [5, 5.41) is 3.10. The third-order valence-corrected chi connectivity index (χ3v) is 5.35. The maximum atomic E-state index is 13.2. The molecule has 26 heavy (non-hydrogen) atoms. The predicted molar refractivity (Wildman–Crippen MR) is 106 cm³/mol. The first-order valence-corrected chi connectivity index (χ1v) is 9.78. The van der Waals surface area contributed by atoms with E-state index in [1.807, 2.05) is 35.2 Å². The molecule has 1 fully saturated rings. The van der Waals surface area contributed by atoms with Gasteiger partial charge < -0.3 is 10.2 Å². The summed E-state index contributed by atoms with van der Waals surface area (Å²) in [6, 6.07) is 14.2. The van der Waals surface area contributed by atoms with Crippen LogP contribution in [0.5, 0.6) is 0 Å². The molecule has 1 aromatic carbocycles.